The molecule has 0 radical (unpaired) electrons. The van der Waals surface area contributed by atoms with E-state index in [1.807, 2.05) is 61.2 Å². The summed E-state index contributed by atoms with van der Waals surface area (Å²) in [6.07, 6.45) is 0. The summed E-state index contributed by atoms with van der Waals surface area (Å²) in [5, 5.41) is 8.23. The van der Waals surface area contributed by atoms with Gasteiger partial charge in [-0.2, -0.15) is 4.31 Å². The summed E-state index contributed by atoms with van der Waals surface area (Å²) < 4.78 is 33.3. The van der Waals surface area contributed by atoms with Crippen LogP contribution in [-0.2, 0) is 10.0 Å². The van der Waals surface area contributed by atoms with E-state index in [1.165, 1.54) is 4.31 Å². The Bertz CT molecular complexity index is 1070. The second kappa shape index (κ2) is 7.37. The van der Waals surface area contributed by atoms with E-state index >= 15 is 0 Å². The number of rotatable bonds is 4. The molecular formula is C20H22N4O3S. The van der Waals surface area contributed by atoms with Crippen LogP contribution in [0.25, 0.3) is 11.5 Å². The molecule has 7 nitrogen and oxygen atoms in total. The highest BCUT2D eigenvalue weighted by Crippen LogP contribution is 2.25. The van der Waals surface area contributed by atoms with E-state index in [0.29, 0.717) is 43.0 Å². The van der Waals surface area contributed by atoms with Crippen LogP contribution in [-0.4, -0.2) is 49.1 Å². The predicted octanol–water partition coefficient (Wildman–Crippen LogP) is 2.86. The van der Waals surface area contributed by atoms with Crippen LogP contribution in [0.15, 0.2) is 57.8 Å². The van der Waals surface area contributed by atoms with Crippen molar-refractivity contribution in [2.24, 2.45) is 0 Å². The van der Waals surface area contributed by atoms with Gasteiger partial charge in [-0.15, -0.1) is 5.10 Å². The number of hydrogen-bond acceptors (Lipinski definition) is 6. The third-order valence-electron chi connectivity index (χ3n) is 4.89. The van der Waals surface area contributed by atoms with E-state index in [1.54, 1.807) is 6.07 Å². The Morgan fingerprint density at radius 1 is 0.929 bits per heavy atom. The molecule has 0 bridgehead atoms. The van der Waals surface area contributed by atoms with E-state index in [9.17, 15) is 8.42 Å². The van der Waals surface area contributed by atoms with Crippen LogP contribution in [0.1, 0.15) is 11.1 Å². The van der Waals surface area contributed by atoms with Crippen molar-refractivity contribution in [1.82, 2.24) is 14.5 Å². The molecule has 1 saturated heterocycles. The van der Waals surface area contributed by atoms with Crippen LogP contribution in [0.3, 0.4) is 0 Å². The summed E-state index contributed by atoms with van der Waals surface area (Å²) in [6, 6.07) is 15.4. The Kier molecular flexibility index (Phi) is 4.91. The number of piperazine rings is 1. The zero-order chi connectivity index (χ0) is 19.7. The highest BCUT2D eigenvalue weighted by atomic mass is 32.2. The molecular weight excluding hydrogens is 376 g/mol. The van der Waals surface area contributed by atoms with E-state index in [0.717, 1.165) is 16.7 Å². The minimum absolute atomic E-state index is 0.371. The Labute approximate surface area is 164 Å². The van der Waals surface area contributed by atoms with Crippen molar-refractivity contribution < 1.29 is 12.8 Å². The van der Waals surface area contributed by atoms with Crippen LogP contribution < -0.4 is 4.90 Å². The second-order valence-electron chi connectivity index (χ2n) is 6.92. The minimum Gasteiger partial charge on any atom is -0.403 e. The highest BCUT2D eigenvalue weighted by Gasteiger charge is 2.31. The van der Waals surface area contributed by atoms with Gasteiger partial charge in [-0.1, -0.05) is 41.0 Å². The minimum atomic E-state index is -3.51. The molecule has 146 valence electrons. The lowest BCUT2D eigenvalue weighted by Gasteiger charge is -2.33. The number of sulfonamides is 1. The van der Waals surface area contributed by atoms with Crippen LogP contribution in [0.5, 0.6) is 0 Å². The Morgan fingerprint density at radius 2 is 1.64 bits per heavy atom. The van der Waals surface area contributed by atoms with Crippen molar-refractivity contribution in [1.29, 1.82) is 0 Å². The molecule has 3 aromatic rings. The van der Waals surface area contributed by atoms with E-state index < -0.39 is 10.0 Å². The quantitative estimate of drug-likeness (QED) is 0.672. The van der Waals surface area contributed by atoms with Gasteiger partial charge in [0.2, 0.25) is 15.9 Å². The average Bonchev–Trinajstić information content (AvgIpc) is 3.19. The van der Waals surface area contributed by atoms with Crippen molar-refractivity contribution in [3.05, 3.63) is 59.7 Å². The largest absolute Gasteiger partial charge is 0.403 e. The van der Waals surface area contributed by atoms with Crippen LogP contribution >= 0.6 is 0 Å². The fourth-order valence-electron chi connectivity index (χ4n) is 3.39. The summed E-state index contributed by atoms with van der Waals surface area (Å²) in [6.45, 7) is 5.54. The van der Waals surface area contributed by atoms with Gasteiger partial charge in [0.25, 0.3) is 0 Å². The summed E-state index contributed by atoms with van der Waals surface area (Å²) >= 11 is 0. The maximum atomic E-state index is 13.0. The number of benzene rings is 2. The molecule has 1 aliphatic heterocycles. The van der Waals surface area contributed by atoms with E-state index in [4.69, 9.17) is 4.42 Å². The first-order valence-corrected chi connectivity index (χ1v) is 10.6. The molecule has 2 heterocycles. The number of aryl methyl sites for hydroxylation is 2. The molecule has 1 fully saturated rings. The van der Waals surface area contributed by atoms with Gasteiger partial charge in [-0.05, 0) is 37.6 Å². The zero-order valence-corrected chi connectivity index (χ0v) is 16.7. The Balaban J connectivity index is 1.47. The van der Waals surface area contributed by atoms with Gasteiger partial charge in [-0.25, -0.2) is 8.42 Å². The first kappa shape index (κ1) is 18.6. The summed E-state index contributed by atoms with van der Waals surface area (Å²) in [7, 11) is -3.51. The molecule has 8 heteroatoms. The van der Waals surface area contributed by atoms with Crippen molar-refractivity contribution in [2.75, 3.05) is 31.1 Å². The maximum Gasteiger partial charge on any atom is 0.318 e. The number of anilines is 1. The molecule has 0 saturated carbocycles. The predicted molar refractivity (Wildman–Crippen MR) is 107 cm³/mol. The standard InChI is InChI=1S/C20H22N4O3S/c1-15-8-9-18(16(2)14-15)28(25,26)24-12-10-23(11-13-24)20-22-21-19(27-20)17-6-4-3-5-7-17/h3-9,14H,10-13H2,1-2H3. The van der Waals surface area contributed by atoms with Crippen LogP contribution in [0.2, 0.25) is 0 Å². The zero-order valence-electron chi connectivity index (χ0n) is 15.9. The van der Waals surface area contributed by atoms with Gasteiger partial charge in [0.15, 0.2) is 0 Å². The topological polar surface area (TPSA) is 79.5 Å². The van der Waals surface area contributed by atoms with Crippen LogP contribution in [0, 0.1) is 13.8 Å². The lowest BCUT2D eigenvalue weighted by Crippen LogP contribution is -2.48. The summed E-state index contributed by atoms with van der Waals surface area (Å²) in [5.41, 5.74) is 2.68. The fourth-order valence-corrected chi connectivity index (χ4v) is 5.02. The fraction of sp³-hybridized carbons (Fsp3) is 0.300. The van der Waals surface area contributed by atoms with E-state index in [2.05, 4.69) is 10.2 Å². The monoisotopic (exact) mass is 398 g/mol. The molecule has 4 rings (SSSR count). The van der Waals surface area contributed by atoms with Crippen molar-refractivity contribution in [3.63, 3.8) is 0 Å². The lowest BCUT2D eigenvalue weighted by atomic mass is 10.2. The Morgan fingerprint density at radius 3 is 2.32 bits per heavy atom. The van der Waals surface area contributed by atoms with Gasteiger partial charge in [-0.3, -0.25) is 0 Å². The van der Waals surface area contributed by atoms with Gasteiger partial charge < -0.3 is 9.32 Å². The SMILES string of the molecule is Cc1ccc(S(=O)(=O)N2CCN(c3nnc(-c4ccccc4)o3)CC2)c(C)c1. The molecule has 1 aliphatic rings. The van der Waals surface area contributed by atoms with Gasteiger partial charge in [0.1, 0.15) is 0 Å². The second-order valence-corrected chi connectivity index (χ2v) is 8.82. The molecule has 0 amide bonds. The number of hydrogen-bond donors (Lipinski definition) is 0. The van der Waals surface area contributed by atoms with E-state index in [-0.39, 0.29) is 0 Å². The lowest BCUT2D eigenvalue weighted by molar-refractivity contribution is 0.372. The first-order chi connectivity index (χ1) is 13.4. The third-order valence-corrected chi connectivity index (χ3v) is 6.95. The molecule has 28 heavy (non-hydrogen) atoms. The van der Waals surface area contributed by atoms with Crippen LogP contribution in [0.4, 0.5) is 6.01 Å². The molecule has 0 aliphatic carbocycles. The average molecular weight is 398 g/mol. The maximum absolute atomic E-state index is 13.0. The molecule has 0 unspecified atom stereocenters. The summed E-state index contributed by atoms with van der Waals surface area (Å²) in [4.78, 5) is 2.30. The molecule has 0 N–H and O–H groups in total. The smallest absolute Gasteiger partial charge is 0.318 e. The van der Waals surface area contributed by atoms with Crippen molar-refractivity contribution in [3.8, 4) is 11.5 Å². The first-order valence-electron chi connectivity index (χ1n) is 9.16. The van der Waals surface area contributed by atoms with Crippen molar-refractivity contribution in [2.45, 2.75) is 18.7 Å². The normalized spacial score (nSPS) is 15.7. The molecule has 1 aromatic heterocycles. The highest BCUT2D eigenvalue weighted by molar-refractivity contribution is 7.89. The third kappa shape index (κ3) is 3.53. The molecule has 0 spiro atoms. The van der Waals surface area contributed by atoms with Gasteiger partial charge in [0, 0.05) is 31.7 Å². The number of aromatic nitrogens is 2. The molecule has 2 aromatic carbocycles. The van der Waals surface area contributed by atoms with Gasteiger partial charge in [0.05, 0.1) is 4.90 Å². The van der Waals surface area contributed by atoms with Crippen molar-refractivity contribution >= 4 is 16.0 Å². The van der Waals surface area contributed by atoms with Gasteiger partial charge >= 0.3 is 6.01 Å². The Hall–Kier alpha value is -2.71. The molecule has 0 atom stereocenters. The summed E-state index contributed by atoms with van der Waals surface area (Å²) in [5.74, 6) is 0.459. The number of nitrogens with zero attached hydrogens (tertiary/aromatic N) is 4.